The molecule has 0 saturated carbocycles. The van der Waals surface area contributed by atoms with E-state index in [0.29, 0.717) is 13.1 Å². The van der Waals surface area contributed by atoms with Gasteiger partial charge in [0.15, 0.2) is 0 Å². The molecule has 2 aliphatic rings. The monoisotopic (exact) mass is 372 g/mol. The number of carbonyl (C=O) groups excluding carboxylic acids is 2. The molecule has 2 fully saturated rings. The summed E-state index contributed by atoms with van der Waals surface area (Å²) in [7, 11) is 0. The second-order valence-corrected chi connectivity index (χ2v) is 7.62. The van der Waals surface area contributed by atoms with Crippen LogP contribution in [0.25, 0.3) is 0 Å². The molecule has 2 amide bonds. The van der Waals surface area contributed by atoms with Gasteiger partial charge in [-0.2, -0.15) is 0 Å². The maximum absolute atomic E-state index is 12.3. The summed E-state index contributed by atoms with van der Waals surface area (Å²) in [5.74, 6) is 0.0106. The molecule has 1 atom stereocenters. The van der Waals surface area contributed by atoms with Gasteiger partial charge >= 0.3 is 0 Å². The Morgan fingerprint density at radius 2 is 1.74 bits per heavy atom. The third kappa shape index (κ3) is 5.78. The Morgan fingerprint density at radius 3 is 2.44 bits per heavy atom. The van der Waals surface area contributed by atoms with E-state index in [1.807, 2.05) is 0 Å². The molecule has 0 aromatic heterocycles. The summed E-state index contributed by atoms with van der Waals surface area (Å²) in [6, 6.07) is 10.4. The first-order valence-corrected chi connectivity index (χ1v) is 10.2. The molecule has 1 aromatic rings. The average molecular weight is 373 g/mol. The zero-order valence-electron chi connectivity index (χ0n) is 16.4. The Morgan fingerprint density at radius 1 is 1.04 bits per heavy atom. The molecule has 2 saturated heterocycles. The molecule has 6 heteroatoms. The van der Waals surface area contributed by atoms with Crippen LogP contribution < -0.4 is 5.32 Å². The SMILES string of the molecule is CC(=O)N1CCC[C@@H]1C(=O)NCCCN1CCN(Cc2ccccc2)CC1. The molecule has 0 unspecified atom stereocenters. The van der Waals surface area contributed by atoms with E-state index in [0.717, 1.165) is 58.5 Å². The minimum Gasteiger partial charge on any atom is -0.354 e. The Balaban J connectivity index is 1.29. The molecule has 2 aliphatic heterocycles. The third-order valence-corrected chi connectivity index (χ3v) is 5.62. The molecule has 0 bridgehead atoms. The number of nitrogens with zero attached hydrogens (tertiary/aromatic N) is 3. The zero-order chi connectivity index (χ0) is 19.1. The van der Waals surface area contributed by atoms with Crippen molar-refractivity contribution in [3.05, 3.63) is 35.9 Å². The molecule has 148 valence electrons. The Labute approximate surface area is 162 Å². The number of rotatable bonds is 7. The number of hydrogen-bond donors (Lipinski definition) is 1. The average Bonchev–Trinajstić information content (AvgIpc) is 3.17. The van der Waals surface area contributed by atoms with Gasteiger partial charge in [0, 0.05) is 52.7 Å². The summed E-state index contributed by atoms with van der Waals surface area (Å²) >= 11 is 0. The minimum atomic E-state index is -0.260. The van der Waals surface area contributed by atoms with Crippen molar-refractivity contribution < 1.29 is 9.59 Å². The topological polar surface area (TPSA) is 55.9 Å². The predicted octanol–water partition coefficient (Wildman–Crippen LogP) is 1.32. The van der Waals surface area contributed by atoms with Gasteiger partial charge in [0.25, 0.3) is 0 Å². The first kappa shape index (κ1) is 19.8. The fourth-order valence-corrected chi connectivity index (χ4v) is 4.06. The number of likely N-dealkylation sites (tertiary alicyclic amines) is 1. The van der Waals surface area contributed by atoms with Crippen LogP contribution in [-0.4, -0.2) is 78.4 Å². The molecule has 1 aromatic carbocycles. The molecule has 2 heterocycles. The summed E-state index contributed by atoms with van der Waals surface area (Å²) in [6.45, 7) is 9.34. The van der Waals surface area contributed by atoms with Crippen molar-refractivity contribution in [3.8, 4) is 0 Å². The van der Waals surface area contributed by atoms with Crippen LogP contribution in [0.4, 0.5) is 0 Å². The van der Waals surface area contributed by atoms with Gasteiger partial charge in [0.2, 0.25) is 11.8 Å². The van der Waals surface area contributed by atoms with Crippen LogP contribution in [0.3, 0.4) is 0 Å². The van der Waals surface area contributed by atoms with Crippen molar-refractivity contribution >= 4 is 11.8 Å². The number of piperazine rings is 1. The zero-order valence-corrected chi connectivity index (χ0v) is 16.4. The summed E-state index contributed by atoms with van der Waals surface area (Å²) < 4.78 is 0. The Hall–Kier alpha value is -1.92. The lowest BCUT2D eigenvalue weighted by Crippen LogP contribution is -2.47. The summed E-state index contributed by atoms with van der Waals surface area (Å²) in [5, 5.41) is 3.02. The second-order valence-electron chi connectivity index (χ2n) is 7.62. The normalized spacial score (nSPS) is 21.4. The van der Waals surface area contributed by atoms with Crippen LogP contribution in [0.15, 0.2) is 30.3 Å². The van der Waals surface area contributed by atoms with E-state index in [9.17, 15) is 9.59 Å². The number of hydrogen-bond acceptors (Lipinski definition) is 4. The van der Waals surface area contributed by atoms with Gasteiger partial charge in [-0.1, -0.05) is 30.3 Å². The van der Waals surface area contributed by atoms with E-state index in [1.54, 1.807) is 11.8 Å². The third-order valence-electron chi connectivity index (χ3n) is 5.62. The standard InChI is InChI=1S/C21H32N4O2/c1-18(26)25-12-5-9-20(25)21(27)22-10-6-11-23-13-15-24(16-14-23)17-19-7-3-2-4-8-19/h2-4,7-8,20H,5-6,9-17H2,1H3,(H,22,27)/t20-/m1/s1. The molecule has 0 aliphatic carbocycles. The fourth-order valence-electron chi connectivity index (χ4n) is 4.06. The summed E-state index contributed by atoms with van der Waals surface area (Å²) in [4.78, 5) is 30.6. The molecule has 27 heavy (non-hydrogen) atoms. The van der Waals surface area contributed by atoms with E-state index >= 15 is 0 Å². The number of nitrogens with one attached hydrogen (secondary N) is 1. The maximum Gasteiger partial charge on any atom is 0.242 e. The van der Waals surface area contributed by atoms with Gasteiger partial charge < -0.3 is 15.1 Å². The summed E-state index contributed by atoms with van der Waals surface area (Å²) in [6.07, 6.45) is 2.66. The lowest BCUT2D eigenvalue weighted by Gasteiger charge is -2.34. The molecule has 0 radical (unpaired) electrons. The molecule has 6 nitrogen and oxygen atoms in total. The van der Waals surface area contributed by atoms with Crippen LogP contribution in [0.1, 0.15) is 31.7 Å². The van der Waals surface area contributed by atoms with Gasteiger partial charge in [-0.05, 0) is 31.4 Å². The predicted molar refractivity (Wildman–Crippen MR) is 106 cm³/mol. The van der Waals surface area contributed by atoms with Crippen LogP contribution in [-0.2, 0) is 16.1 Å². The van der Waals surface area contributed by atoms with Crippen molar-refractivity contribution in [1.82, 2.24) is 20.0 Å². The van der Waals surface area contributed by atoms with Gasteiger partial charge in [-0.3, -0.25) is 14.5 Å². The van der Waals surface area contributed by atoms with Crippen LogP contribution in [0, 0.1) is 0 Å². The molecular formula is C21H32N4O2. The lowest BCUT2D eigenvalue weighted by atomic mass is 10.2. The minimum absolute atomic E-state index is 0.000948. The van der Waals surface area contributed by atoms with E-state index in [1.165, 1.54) is 5.56 Å². The van der Waals surface area contributed by atoms with Crippen molar-refractivity contribution in [3.63, 3.8) is 0 Å². The van der Waals surface area contributed by atoms with Crippen molar-refractivity contribution in [2.75, 3.05) is 45.8 Å². The van der Waals surface area contributed by atoms with Crippen molar-refractivity contribution in [2.24, 2.45) is 0 Å². The van der Waals surface area contributed by atoms with Crippen molar-refractivity contribution in [2.45, 2.75) is 38.8 Å². The lowest BCUT2D eigenvalue weighted by molar-refractivity contribution is -0.136. The second kappa shape index (κ2) is 9.85. The molecule has 0 spiro atoms. The van der Waals surface area contributed by atoms with E-state index < -0.39 is 0 Å². The number of amides is 2. The van der Waals surface area contributed by atoms with Crippen LogP contribution >= 0.6 is 0 Å². The smallest absolute Gasteiger partial charge is 0.242 e. The van der Waals surface area contributed by atoms with E-state index in [-0.39, 0.29) is 17.9 Å². The number of carbonyl (C=O) groups is 2. The molecular weight excluding hydrogens is 340 g/mol. The highest BCUT2D eigenvalue weighted by Crippen LogP contribution is 2.17. The van der Waals surface area contributed by atoms with Gasteiger partial charge in [-0.15, -0.1) is 0 Å². The van der Waals surface area contributed by atoms with Gasteiger partial charge in [0.1, 0.15) is 6.04 Å². The largest absolute Gasteiger partial charge is 0.354 e. The molecule has 1 N–H and O–H groups in total. The highest BCUT2D eigenvalue weighted by atomic mass is 16.2. The Kier molecular flexibility index (Phi) is 7.24. The van der Waals surface area contributed by atoms with Crippen LogP contribution in [0.5, 0.6) is 0 Å². The number of benzene rings is 1. The quantitative estimate of drug-likeness (QED) is 0.734. The molecule has 3 rings (SSSR count). The van der Waals surface area contributed by atoms with Gasteiger partial charge in [0.05, 0.1) is 0 Å². The van der Waals surface area contributed by atoms with E-state index in [2.05, 4.69) is 45.4 Å². The van der Waals surface area contributed by atoms with Crippen LogP contribution in [0.2, 0.25) is 0 Å². The first-order chi connectivity index (χ1) is 13.1. The highest BCUT2D eigenvalue weighted by molar-refractivity contribution is 5.87. The van der Waals surface area contributed by atoms with Gasteiger partial charge in [-0.25, -0.2) is 0 Å². The fraction of sp³-hybridized carbons (Fsp3) is 0.619. The Bertz CT molecular complexity index is 614. The van der Waals surface area contributed by atoms with Crippen molar-refractivity contribution in [1.29, 1.82) is 0 Å². The maximum atomic E-state index is 12.3. The first-order valence-electron chi connectivity index (χ1n) is 10.2. The van der Waals surface area contributed by atoms with E-state index in [4.69, 9.17) is 0 Å². The summed E-state index contributed by atoms with van der Waals surface area (Å²) in [5.41, 5.74) is 1.38. The highest BCUT2D eigenvalue weighted by Gasteiger charge is 2.31.